The molecule has 4 aromatic carbocycles. The number of carbonyl (C=O) groups is 2. The average molecular weight is 968 g/mol. The summed E-state index contributed by atoms with van der Waals surface area (Å²) in [7, 11) is -2.70. The van der Waals surface area contributed by atoms with Gasteiger partial charge in [0.15, 0.2) is 27.0 Å². The highest BCUT2D eigenvalue weighted by molar-refractivity contribution is 6.74. The van der Waals surface area contributed by atoms with Crippen LogP contribution in [0, 0.1) is 5.92 Å². The SMILES string of the molecule is CC(=O)CCC(=O)O[C@H]1[C@H](O[C@H]2[C@H](OCc3ccccc3)[C@@H](N=[N+]=[N-])[C@H](O[Si](C)(C)C(C)(C)C(C)C)O[C@@H]2COCc2ccccc2)O[C@H](COCc2ccccc2)[C@H](OCc2ccccc2)[C@@H]1O. The van der Waals surface area contributed by atoms with E-state index in [0.717, 1.165) is 22.3 Å². The second-order valence-corrected chi connectivity index (χ2v) is 23.6. The van der Waals surface area contributed by atoms with Crippen molar-refractivity contribution in [1.29, 1.82) is 0 Å². The van der Waals surface area contributed by atoms with Gasteiger partial charge >= 0.3 is 5.97 Å². The number of hydrogen-bond acceptors (Lipinski definition) is 13. The van der Waals surface area contributed by atoms with E-state index in [0.29, 0.717) is 0 Å². The number of aliphatic hydroxyl groups excluding tert-OH is 1. The van der Waals surface area contributed by atoms with Crippen LogP contribution in [-0.4, -0.2) is 99.7 Å². The minimum absolute atomic E-state index is 0.0477. The Labute approximate surface area is 407 Å². The third-order valence-electron chi connectivity index (χ3n) is 13.4. The van der Waals surface area contributed by atoms with Crippen LogP contribution in [0.1, 0.15) is 69.7 Å². The molecule has 2 aliphatic heterocycles. The van der Waals surface area contributed by atoms with E-state index in [1.54, 1.807) is 0 Å². The first-order valence-electron chi connectivity index (χ1n) is 23.8. The van der Waals surface area contributed by atoms with Crippen LogP contribution in [0.2, 0.25) is 18.1 Å². The molecule has 0 aromatic heterocycles. The lowest BCUT2D eigenvalue weighted by Crippen LogP contribution is -2.66. The van der Waals surface area contributed by atoms with Crippen LogP contribution in [0.3, 0.4) is 0 Å². The molecule has 0 amide bonds. The zero-order chi connectivity index (χ0) is 49.4. The molecular formula is C53H69N3O12Si. The van der Waals surface area contributed by atoms with Gasteiger partial charge in [0.05, 0.1) is 46.1 Å². The van der Waals surface area contributed by atoms with Crippen molar-refractivity contribution in [2.24, 2.45) is 11.0 Å². The Morgan fingerprint density at radius 1 is 0.681 bits per heavy atom. The van der Waals surface area contributed by atoms with Gasteiger partial charge in [-0.25, -0.2) is 0 Å². The van der Waals surface area contributed by atoms with Crippen LogP contribution in [0.25, 0.3) is 10.4 Å². The van der Waals surface area contributed by atoms with Gasteiger partial charge in [0.2, 0.25) is 0 Å². The molecule has 0 aliphatic carbocycles. The summed E-state index contributed by atoms with van der Waals surface area (Å²) in [5.41, 5.74) is 13.7. The Morgan fingerprint density at radius 3 is 1.59 bits per heavy atom. The Morgan fingerprint density at radius 2 is 1.13 bits per heavy atom. The molecule has 1 N–H and O–H groups in total. The number of nitrogens with zero attached hydrogens (tertiary/aromatic N) is 3. The average Bonchev–Trinajstić information content (AvgIpc) is 3.33. The van der Waals surface area contributed by atoms with E-state index in [4.69, 9.17) is 42.3 Å². The van der Waals surface area contributed by atoms with Crippen LogP contribution in [0.4, 0.5) is 0 Å². The number of ketones is 1. The zero-order valence-corrected chi connectivity index (χ0v) is 41.8. The van der Waals surface area contributed by atoms with E-state index in [2.05, 4.69) is 50.8 Å². The molecule has 6 rings (SSSR count). The number of hydrogen-bond donors (Lipinski definition) is 1. The van der Waals surface area contributed by atoms with Gasteiger partial charge in [-0.2, -0.15) is 0 Å². The number of rotatable bonds is 25. The Balaban J connectivity index is 1.41. The molecular weight excluding hydrogens is 899 g/mol. The predicted octanol–water partition coefficient (Wildman–Crippen LogP) is 9.40. The van der Waals surface area contributed by atoms with Crippen LogP contribution in [0.5, 0.6) is 0 Å². The number of carbonyl (C=O) groups excluding carboxylic acids is 2. The molecule has 10 atom stereocenters. The van der Waals surface area contributed by atoms with Crippen LogP contribution >= 0.6 is 0 Å². The molecule has 16 heteroatoms. The maximum Gasteiger partial charge on any atom is 0.306 e. The van der Waals surface area contributed by atoms with E-state index < -0.39 is 75.6 Å². The van der Waals surface area contributed by atoms with Gasteiger partial charge in [-0.15, -0.1) is 0 Å². The molecule has 2 aliphatic rings. The molecule has 69 heavy (non-hydrogen) atoms. The van der Waals surface area contributed by atoms with Crippen molar-refractivity contribution >= 4 is 20.1 Å². The van der Waals surface area contributed by atoms with Gasteiger partial charge in [0.25, 0.3) is 0 Å². The molecule has 2 heterocycles. The first kappa shape index (κ1) is 53.5. The molecule has 0 spiro atoms. The predicted molar refractivity (Wildman–Crippen MR) is 261 cm³/mol. The Bertz CT molecular complexity index is 2220. The van der Waals surface area contributed by atoms with Gasteiger partial charge in [0, 0.05) is 11.3 Å². The normalized spacial score (nSPS) is 25.2. The van der Waals surface area contributed by atoms with Crippen molar-refractivity contribution in [2.75, 3.05) is 13.2 Å². The summed E-state index contributed by atoms with van der Waals surface area (Å²) < 4.78 is 59.7. The van der Waals surface area contributed by atoms with Crippen LogP contribution < -0.4 is 0 Å². The molecule has 4 aromatic rings. The lowest BCUT2D eigenvalue weighted by atomic mass is 9.95. The van der Waals surface area contributed by atoms with Gasteiger partial charge in [-0.1, -0.05) is 154 Å². The quantitative estimate of drug-likeness (QED) is 0.0218. The Kier molecular flexibility index (Phi) is 20.1. The number of aliphatic hydroxyl groups is 1. The van der Waals surface area contributed by atoms with Crippen molar-refractivity contribution in [3.05, 3.63) is 154 Å². The summed E-state index contributed by atoms with van der Waals surface area (Å²) in [6.45, 7) is 14.8. The number of azide groups is 1. The highest BCUT2D eigenvalue weighted by Crippen LogP contribution is 2.46. The number of Topliss-reactive ketones (excluding diaryl/α,β-unsaturated/α-hetero) is 1. The third-order valence-corrected chi connectivity index (χ3v) is 17.9. The van der Waals surface area contributed by atoms with Gasteiger partial charge in [0.1, 0.15) is 48.4 Å². The fourth-order valence-corrected chi connectivity index (χ4v) is 10.6. The van der Waals surface area contributed by atoms with E-state index in [1.165, 1.54) is 6.92 Å². The second kappa shape index (κ2) is 25.9. The maximum atomic E-state index is 13.6. The second-order valence-electron chi connectivity index (χ2n) is 19.1. The van der Waals surface area contributed by atoms with E-state index >= 15 is 0 Å². The first-order chi connectivity index (χ1) is 33.2. The number of esters is 1. The van der Waals surface area contributed by atoms with E-state index in [-0.39, 0.29) is 69.2 Å². The number of ether oxygens (including phenoxy) is 8. The largest absolute Gasteiger partial charge is 0.454 e. The molecule has 0 bridgehead atoms. The minimum atomic E-state index is -2.70. The van der Waals surface area contributed by atoms with Crippen LogP contribution in [-0.2, 0) is 78.3 Å². The third kappa shape index (κ3) is 15.1. The highest BCUT2D eigenvalue weighted by atomic mass is 28.4. The summed E-state index contributed by atoms with van der Waals surface area (Å²) in [6.07, 6.45) is -11.2. The van der Waals surface area contributed by atoms with Gasteiger partial charge < -0.3 is 52.2 Å². The molecule has 372 valence electrons. The van der Waals surface area contributed by atoms with Crippen LogP contribution in [0.15, 0.2) is 126 Å². The fraction of sp³-hybridized carbons (Fsp3) is 0.509. The van der Waals surface area contributed by atoms with Gasteiger partial charge in [-0.05, 0) is 58.8 Å². The fourth-order valence-electron chi connectivity index (χ4n) is 8.18. The highest BCUT2D eigenvalue weighted by Gasteiger charge is 2.56. The minimum Gasteiger partial charge on any atom is -0.454 e. The van der Waals surface area contributed by atoms with Crippen molar-refractivity contribution in [2.45, 2.75) is 153 Å². The Hall–Kier alpha value is -4.81. The van der Waals surface area contributed by atoms with Crippen molar-refractivity contribution in [3.8, 4) is 0 Å². The van der Waals surface area contributed by atoms with E-state index in [9.17, 15) is 20.2 Å². The lowest BCUT2D eigenvalue weighted by molar-refractivity contribution is -0.352. The summed E-state index contributed by atoms with van der Waals surface area (Å²) in [6, 6.07) is 37.1. The molecule has 0 radical (unpaired) electrons. The lowest BCUT2D eigenvalue weighted by Gasteiger charge is -2.51. The van der Waals surface area contributed by atoms with E-state index in [1.807, 2.05) is 121 Å². The van der Waals surface area contributed by atoms with Gasteiger partial charge in [-0.3, -0.25) is 4.79 Å². The monoisotopic (exact) mass is 967 g/mol. The summed E-state index contributed by atoms with van der Waals surface area (Å²) in [5.74, 6) is -0.728. The van der Waals surface area contributed by atoms with Crippen molar-refractivity contribution in [3.63, 3.8) is 0 Å². The zero-order valence-electron chi connectivity index (χ0n) is 40.8. The summed E-state index contributed by atoms with van der Waals surface area (Å²) in [5, 5.41) is 16.5. The summed E-state index contributed by atoms with van der Waals surface area (Å²) >= 11 is 0. The van der Waals surface area contributed by atoms with Crippen molar-refractivity contribution in [1.82, 2.24) is 0 Å². The maximum absolute atomic E-state index is 13.6. The smallest absolute Gasteiger partial charge is 0.306 e. The molecule has 0 unspecified atom stereocenters. The molecule has 0 saturated carbocycles. The number of benzene rings is 4. The standard InChI is InChI=1S/C53H69N3O12Si/c1-36(2)53(4,5)69(6,7)68-51-45(55-56-54)49(63-33-41-26-18-11-19-27-41)48(43(64-51)35-61-31-39-22-14-9-15-23-39)67-52-50(66-44(58)29-28-37(3)57)46(59)47(62-32-40-24-16-10-17-25-40)42(65-52)34-60-30-38-20-12-8-13-21-38/h8-27,36,42-43,45-52,59H,28-35H2,1-7H3/t42-,43-,45-,46+,47+,48-,49-,50-,51+,52+/m1/s1. The molecule has 2 fully saturated rings. The first-order valence-corrected chi connectivity index (χ1v) is 26.7. The molecule has 15 nitrogen and oxygen atoms in total. The topological polar surface area (TPSA) is 186 Å². The van der Waals surface area contributed by atoms with Crippen molar-refractivity contribution < 1.29 is 57.0 Å². The summed E-state index contributed by atoms with van der Waals surface area (Å²) in [4.78, 5) is 28.9. The molecule has 2 saturated heterocycles.